The SMILES string of the molecule is CC(C)OS(=O)(=O)[O-].[Na+].c1ccccc1. The second-order valence-electron chi connectivity index (χ2n) is 2.71. The number of hydrogen-bond acceptors (Lipinski definition) is 4. The van der Waals surface area contributed by atoms with Crippen LogP contribution in [0.15, 0.2) is 36.4 Å². The second kappa shape index (κ2) is 9.33. The van der Waals surface area contributed by atoms with Crippen LogP contribution in [-0.2, 0) is 14.6 Å². The van der Waals surface area contributed by atoms with Crippen LogP contribution >= 0.6 is 0 Å². The first kappa shape index (κ1) is 17.5. The van der Waals surface area contributed by atoms with Gasteiger partial charge in [-0.25, -0.2) is 8.42 Å². The van der Waals surface area contributed by atoms with Crippen LogP contribution in [0.25, 0.3) is 0 Å². The molecule has 0 radical (unpaired) electrons. The average Bonchev–Trinajstić information content (AvgIpc) is 2.03. The van der Waals surface area contributed by atoms with Crippen LogP contribution in [-0.4, -0.2) is 19.1 Å². The monoisotopic (exact) mass is 240 g/mol. The molecule has 0 bridgehead atoms. The maximum Gasteiger partial charge on any atom is 1.00 e. The zero-order valence-electron chi connectivity index (χ0n) is 9.08. The summed E-state index contributed by atoms with van der Waals surface area (Å²) in [5.74, 6) is 0. The molecular formula is C9H13NaO4S. The van der Waals surface area contributed by atoms with E-state index in [1.807, 2.05) is 36.4 Å². The summed E-state index contributed by atoms with van der Waals surface area (Å²) in [7, 11) is -4.47. The summed E-state index contributed by atoms with van der Waals surface area (Å²) < 4.78 is 32.8. The van der Waals surface area contributed by atoms with Gasteiger partial charge in [-0.05, 0) is 13.8 Å². The topological polar surface area (TPSA) is 66.4 Å². The number of rotatable bonds is 2. The molecule has 0 aliphatic carbocycles. The van der Waals surface area contributed by atoms with Crippen molar-refractivity contribution in [3.05, 3.63) is 36.4 Å². The molecule has 0 unspecified atom stereocenters. The standard InChI is InChI=1S/C6H6.C3H8O4S.Na/c1-2-4-6-5-3-1;1-3(2)7-8(4,5)6;/h1-6H;3H,1-2H3,(H,4,5,6);/q;;+1/p-1. The van der Waals surface area contributed by atoms with Crippen LogP contribution < -0.4 is 29.6 Å². The predicted octanol–water partition coefficient (Wildman–Crippen LogP) is -1.44. The minimum Gasteiger partial charge on any atom is -0.726 e. The molecule has 0 atom stereocenters. The van der Waals surface area contributed by atoms with Crippen LogP contribution in [0, 0.1) is 0 Å². The van der Waals surface area contributed by atoms with E-state index in [9.17, 15) is 13.0 Å². The largest absolute Gasteiger partial charge is 1.00 e. The van der Waals surface area contributed by atoms with E-state index >= 15 is 0 Å². The van der Waals surface area contributed by atoms with Crippen molar-refractivity contribution in [2.75, 3.05) is 0 Å². The van der Waals surface area contributed by atoms with Crippen molar-refractivity contribution in [2.45, 2.75) is 20.0 Å². The molecule has 0 aliphatic rings. The van der Waals surface area contributed by atoms with Gasteiger partial charge in [-0.3, -0.25) is 4.18 Å². The van der Waals surface area contributed by atoms with E-state index < -0.39 is 16.5 Å². The first-order chi connectivity index (χ1) is 6.42. The van der Waals surface area contributed by atoms with Gasteiger partial charge in [0.05, 0.1) is 6.10 Å². The summed E-state index contributed by atoms with van der Waals surface area (Å²) in [6.45, 7) is 2.94. The zero-order chi connectivity index (χ0) is 11.0. The molecular weight excluding hydrogens is 227 g/mol. The van der Waals surface area contributed by atoms with Crippen molar-refractivity contribution in [1.82, 2.24) is 0 Å². The van der Waals surface area contributed by atoms with Crippen molar-refractivity contribution < 1.29 is 46.7 Å². The molecule has 0 N–H and O–H groups in total. The Morgan fingerprint density at radius 2 is 1.27 bits per heavy atom. The van der Waals surface area contributed by atoms with Crippen molar-refractivity contribution >= 4 is 10.4 Å². The molecule has 6 heteroatoms. The Kier molecular flexibility index (Phi) is 10.9. The van der Waals surface area contributed by atoms with Gasteiger partial charge in [-0.15, -0.1) is 0 Å². The Balaban J connectivity index is 0. The molecule has 1 aromatic carbocycles. The molecule has 0 saturated carbocycles. The van der Waals surface area contributed by atoms with E-state index in [0.717, 1.165) is 0 Å². The molecule has 0 amide bonds. The fourth-order valence-corrected chi connectivity index (χ4v) is 1.09. The van der Waals surface area contributed by atoms with Crippen molar-refractivity contribution in [2.24, 2.45) is 0 Å². The first-order valence-electron chi connectivity index (χ1n) is 4.06. The Hall–Kier alpha value is 0.0900. The van der Waals surface area contributed by atoms with E-state index in [1.165, 1.54) is 13.8 Å². The number of hydrogen-bond donors (Lipinski definition) is 0. The van der Waals surface area contributed by atoms with Crippen LogP contribution in [0.1, 0.15) is 13.8 Å². The van der Waals surface area contributed by atoms with E-state index in [0.29, 0.717) is 0 Å². The summed E-state index contributed by atoms with van der Waals surface area (Å²) in [5, 5.41) is 0. The maximum absolute atomic E-state index is 9.66. The molecule has 1 aromatic rings. The Morgan fingerprint density at radius 3 is 1.33 bits per heavy atom. The summed E-state index contributed by atoms with van der Waals surface area (Å²) in [6.07, 6.45) is -0.558. The van der Waals surface area contributed by atoms with Crippen molar-refractivity contribution in [3.63, 3.8) is 0 Å². The van der Waals surface area contributed by atoms with E-state index in [4.69, 9.17) is 0 Å². The molecule has 0 aromatic heterocycles. The Labute approximate surface area is 113 Å². The molecule has 0 aliphatic heterocycles. The van der Waals surface area contributed by atoms with Crippen LogP contribution in [0.2, 0.25) is 0 Å². The quantitative estimate of drug-likeness (QED) is 0.361. The van der Waals surface area contributed by atoms with E-state index in [-0.39, 0.29) is 29.6 Å². The van der Waals surface area contributed by atoms with Gasteiger partial charge in [0.25, 0.3) is 0 Å². The van der Waals surface area contributed by atoms with Gasteiger partial charge in [-0.2, -0.15) is 0 Å². The van der Waals surface area contributed by atoms with Crippen LogP contribution in [0.5, 0.6) is 0 Å². The maximum atomic E-state index is 9.66. The molecule has 0 heterocycles. The first-order valence-corrected chi connectivity index (χ1v) is 5.39. The average molecular weight is 240 g/mol. The van der Waals surface area contributed by atoms with Crippen LogP contribution in [0.4, 0.5) is 0 Å². The van der Waals surface area contributed by atoms with Gasteiger partial charge in [0.1, 0.15) is 0 Å². The Bertz CT molecular complexity index is 297. The van der Waals surface area contributed by atoms with Gasteiger partial charge in [0, 0.05) is 0 Å². The van der Waals surface area contributed by atoms with Gasteiger partial charge in [0.2, 0.25) is 10.4 Å². The summed E-state index contributed by atoms with van der Waals surface area (Å²) in [4.78, 5) is 0. The Morgan fingerprint density at radius 1 is 1.00 bits per heavy atom. The minimum atomic E-state index is -4.47. The molecule has 1 rings (SSSR count). The fraction of sp³-hybridized carbons (Fsp3) is 0.333. The third kappa shape index (κ3) is 16.7. The van der Waals surface area contributed by atoms with Crippen molar-refractivity contribution in [1.29, 1.82) is 0 Å². The van der Waals surface area contributed by atoms with Gasteiger partial charge in [-0.1, -0.05) is 36.4 Å². The summed E-state index contributed by atoms with van der Waals surface area (Å²) in [5.41, 5.74) is 0. The number of benzene rings is 1. The molecule has 0 saturated heterocycles. The zero-order valence-corrected chi connectivity index (χ0v) is 11.9. The molecule has 4 nitrogen and oxygen atoms in total. The molecule has 15 heavy (non-hydrogen) atoms. The normalized spacial score (nSPS) is 9.87. The second-order valence-corrected chi connectivity index (χ2v) is 3.72. The predicted molar refractivity (Wildman–Crippen MR) is 52.4 cm³/mol. The minimum absolute atomic E-state index is 0. The molecule has 0 spiro atoms. The van der Waals surface area contributed by atoms with Crippen molar-refractivity contribution in [3.8, 4) is 0 Å². The smallest absolute Gasteiger partial charge is 0.726 e. The molecule has 0 fully saturated rings. The third-order valence-corrected chi connectivity index (χ3v) is 1.60. The fourth-order valence-electron chi connectivity index (χ4n) is 0.621. The molecule has 80 valence electrons. The van der Waals surface area contributed by atoms with E-state index in [1.54, 1.807) is 0 Å². The van der Waals surface area contributed by atoms with E-state index in [2.05, 4.69) is 4.18 Å². The summed E-state index contributed by atoms with van der Waals surface area (Å²) >= 11 is 0. The van der Waals surface area contributed by atoms with Crippen LogP contribution in [0.3, 0.4) is 0 Å². The van der Waals surface area contributed by atoms with Gasteiger partial charge < -0.3 is 4.55 Å². The van der Waals surface area contributed by atoms with Gasteiger partial charge >= 0.3 is 29.6 Å². The van der Waals surface area contributed by atoms with Gasteiger partial charge in [0.15, 0.2) is 0 Å². The summed E-state index contributed by atoms with van der Waals surface area (Å²) in [6, 6.07) is 12.0. The third-order valence-electron chi connectivity index (χ3n) is 0.977.